The van der Waals surface area contributed by atoms with E-state index in [1.165, 1.54) is 0 Å². The van der Waals surface area contributed by atoms with E-state index in [4.69, 9.17) is 32.8 Å². The molecule has 0 radical (unpaired) electrons. The summed E-state index contributed by atoms with van der Waals surface area (Å²) in [6.45, 7) is 0.167. The molecule has 36 heavy (non-hydrogen) atoms. The number of hydrogen-bond acceptors (Lipinski definition) is 10. The molecule has 22 heteroatoms. The Labute approximate surface area is 199 Å². The summed E-state index contributed by atoms with van der Waals surface area (Å²) in [5, 5.41) is 28.1. The minimum atomic E-state index is -5.08. The molecule has 0 rings (SSSR count). The number of aliphatic imine (C=N–C) groups is 2. The third-order valence-corrected chi connectivity index (χ3v) is 3.54. The Bertz CT molecular complexity index is 837. The maximum atomic E-state index is 12.1. The van der Waals surface area contributed by atoms with Gasteiger partial charge in [-0.3, -0.25) is 9.59 Å². The van der Waals surface area contributed by atoms with Crippen LogP contribution >= 0.6 is 0 Å². The number of alkyl halides is 3. The van der Waals surface area contributed by atoms with Crippen LogP contribution in [0.25, 0.3) is 0 Å². The van der Waals surface area contributed by atoms with Crippen LogP contribution < -0.4 is 39.1 Å². The number of primary amides is 1. The van der Waals surface area contributed by atoms with E-state index < -0.39 is 52.1 Å². The Morgan fingerprint density at radius 2 is 1.31 bits per heavy atom. The van der Waals surface area contributed by atoms with E-state index in [9.17, 15) is 43.0 Å². The minimum absolute atomic E-state index is 0.0655. The van der Waals surface area contributed by atoms with Gasteiger partial charge in [0.15, 0.2) is 10.1 Å². The highest BCUT2D eigenvalue weighted by molar-refractivity contribution is 5.88. The van der Waals surface area contributed by atoms with Crippen LogP contribution in [0.3, 0.4) is 0 Å². The van der Waals surface area contributed by atoms with Gasteiger partial charge in [0.1, 0.15) is 6.04 Å². The molecule has 0 aromatic carbocycles. The first-order chi connectivity index (χ1) is 16.5. The van der Waals surface area contributed by atoms with Crippen molar-refractivity contribution in [3.05, 3.63) is 20.2 Å². The number of carboxylic acid groups (broad SMARTS) is 1. The zero-order valence-electron chi connectivity index (χ0n) is 18.4. The highest BCUT2D eigenvalue weighted by atomic mass is 19.4. The van der Waals surface area contributed by atoms with Gasteiger partial charge in [-0.05, 0) is 25.7 Å². The summed E-state index contributed by atoms with van der Waals surface area (Å²) >= 11 is 0. The molecule has 0 bridgehead atoms. The molecule has 0 fully saturated rings. The number of amides is 2. The molecule has 2 atom stereocenters. The van der Waals surface area contributed by atoms with Gasteiger partial charge in [0.2, 0.25) is 11.8 Å². The monoisotopic (exact) mass is 533 g/mol. The lowest BCUT2D eigenvalue weighted by atomic mass is 10.1. The Morgan fingerprint density at radius 3 is 1.64 bits per heavy atom. The second-order valence-corrected chi connectivity index (χ2v) is 6.43. The highest BCUT2D eigenvalue weighted by Gasteiger charge is 2.38. The number of nitrogens with zero attached hydrogens (tertiary/aromatic N) is 4. The lowest BCUT2D eigenvalue weighted by molar-refractivity contribution is -0.525. The summed E-state index contributed by atoms with van der Waals surface area (Å²) in [4.78, 5) is 60.1. The summed E-state index contributed by atoms with van der Waals surface area (Å²) in [6.07, 6.45) is -4.20. The van der Waals surface area contributed by atoms with Crippen molar-refractivity contribution in [1.82, 2.24) is 16.2 Å². The van der Waals surface area contributed by atoms with E-state index in [0.29, 0.717) is 6.42 Å². The maximum absolute atomic E-state index is 12.1. The van der Waals surface area contributed by atoms with Gasteiger partial charge in [-0.1, -0.05) is 10.9 Å². The fraction of sp³-hybridized carbons (Fsp3) is 0.643. The molecule has 0 aliphatic carbocycles. The number of guanidine groups is 2. The molecule has 12 N–H and O–H groups in total. The van der Waals surface area contributed by atoms with Gasteiger partial charge in [0, 0.05) is 13.1 Å². The average molecular weight is 533 g/mol. The molecule has 19 nitrogen and oxygen atoms in total. The number of rotatable bonds is 13. The topological polar surface area (TPSA) is 323 Å². The van der Waals surface area contributed by atoms with Crippen LogP contribution in [-0.2, 0) is 14.4 Å². The molecule has 2 amide bonds. The van der Waals surface area contributed by atoms with Gasteiger partial charge in [-0.15, -0.1) is 0 Å². The van der Waals surface area contributed by atoms with Crippen molar-refractivity contribution in [2.45, 2.75) is 43.9 Å². The molecule has 0 aromatic rings. The number of carbonyl (C=O) groups is 3. The van der Waals surface area contributed by atoms with Crippen molar-refractivity contribution < 1.29 is 42.7 Å². The average Bonchev–Trinajstić information content (AvgIpc) is 2.71. The van der Waals surface area contributed by atoms with E-state index in [-0.39, 0.29) is 38.3 Å². The van der Waals surface area contributed by atoms with Crippen molar-refractivity contribution in [2.24, 2.45) is 32.9 Å². The summed E-state index contributed by atoms with van der Waals surface area (Å²) < 4.78 is 31.7. The van der Waals surface area contributed by atoms with Crippen LogP contribution in [0.5, 0.6) is 0 Å². The molecule has 0 saturated carbocycles. The quantitative estimate of drug-likeness (QED) is 0.0378. The summed E-state index contributed by atoms with van der Waals surface area (Å²) in [5.74, 6) is -4.93. The van der Waals surface area contributed by atoms with Crippen molar-refractivity contribution >= 4 is 29.7 Å². The zero-order chi connectivity index (χ0) is 28.5. The van der Waals surface area contributed by atoms with Crippen LogP contribution in [-0.4, -0.2) is 76.2 Å². The lowest BCUT2D eigenvalue weighted by Crippen LogP contribution is -2.50. The fourth-order valence-electron chi connectivity index (χ4n) is 1.96. The molecule has 0 saturated heterocycles. The lowest BCUT2D eigenvalue weighted by Gasteiger charge is -2.18. The first-order valence-electron chi connectivity index (χ1n) is 9.54. The number of carboxylic acids is 1. The number of hydrogen-bond donors (Lipinski definition) is 8. The predicted octanol–water partition coefficient (Wildman–Crippen LogP) is -3.33. The zero-order valence-corrected chi connectivity index (χ0v) is 18.4. The number of hydrazine groups is 2. The molecule has 0 spiro atoms. The third kappa shape index (κ3) is 19.0. The first kappa shape index (κ1) is 33.7. The molecule has 0 aromatic heterocycles. The third-order valence-electron chi connectivity index (χ3n) is 3.54. The SMILES string of the molecule is NC(=O)[C@H](CCCN=C(N)N[N+](=O)[O-])NC(=O)[C@@H](N)CCCN=C(N)N[N+](=O)[O-].O=C(O)C(F)(F)F. The van der Waals surface area contributed by atoms with Gasteiger partial charge >= 0.3 is 12.1 Å². The number of nitro groups is 2. The highest BCUT2D eigenvalue weighted by Crippen LogP contribution is 2.13. The maximum Gasteiger partial charge on any atom is 0.490 e. The fourth-order valence-corrected chi connectivity index (χ4v) is 1.96. The Balaban J connectivity index is 0. The number of carbonyl (C=O) groups excluding carboxylic acids is 2. The number of nitrogens with one attached hydrogen (secondary N) is 3. The number of aliphatic carboxylic acids is 1. The molecule has 0 unspecified atom stereocenters. The van der Waals surface area contributed by atoms with Gasteiger partial charge < -0.3 is 33.4 Å². The second kappa shape index (κ2) is 17.0. The molecule has 0 heterocycles. The minimum Gasteiger partial charge on any atom is -0.475 e. The van der Waals surface area contributed by atoms with Gasteiger partial charge in [0.25, 0.3) is 11.9 Å². The summed E-state index contributed by atoms with van der Waals surface area (Å²) in [6, 6.07) is -1.97. The van der Waals surface area contributed by atoms with Gasteiger partial charge in [-0.25, -0.2) is 35.0 Å². The molecule has 206 valence electrons. The van der Waals surface area contributed by atoms with Crippen LogP contribution in [0.2, 0.25) is 0 Å². The smallest absolute Gasteiger partial charge is 0.475 e. The van der Waals surface area contributed by atoms with E-state index in [1.807, 2.05) is 0 Å². The van der Waals surface area contributed by atoms with E-state index >= 15 is 0 Å². The van der Waals surface area contributed by atoms with E-state index in [0.717, 1.165) is 0 Å². The van der Waals surface area contributed by atoms with Gasteiger partial charge in [-0.2, -0.15) is 13.2 Å². The van der Waals surface area contributed by atoms with Crippen molar-refractivity contribution in [1.29, 1.82) is 0 Å². The first-order valence-corrected chi connectivity index (χ1v) is 9.54. The molecule has 0 aliphatic rings. The van der Waals surface area contributed by atoms with Crippen LogP contribution in [0.1, 0.15) is 25.7 Å². The molecule has 0 aliphatic heterocycles. The molecular weight excluding hydrogens is 507 g/mol. The predicted molar refractivity (Wildman–Crippen MR) is 114 cm³/mol. The van der Waals surface area contributed by atoms with Crippen LogP contribution in [0.4, 0.5) is 13.2 Å². The van der Waals surface area contributed by atoms with Gasteiger partial charge in [0.05, 0.1) is 6.04 Å². The van der Waals surface area contributed by atoms with E-state index in [2.05, 4.69) is 15.3 Å². The second-order valence-electron chi connectivity index (χ2n) is 6.43. The summed E-state index contributed by atoms with van der Waals surface area (Å²) in [7, 11) is 0. The number of halogens is 3. The normalized spacial score (nSPS) is 13.3. The van der Waals surface area contributed by atoms with Crippen LogP contribution in [0.15, 0.2) is 9.98 Å². The van der Waals surface area contributed by atoms with Crippen molar-refractivity contribution in [2.75, 3.05) is 13.1 Å². The van der Waals surface area contributed by atoms with Crippen molar-refractivity contribution in [3.63, 3.8) is 0 Å². The summed E-state index contributed by atoms with van der Waals surface area (Å²) in [5.41, 5.74) is 24.8. The van der Waals surface area contributed by atoms with Crippen LogP contribution in [0, 0.1) is 20.2 Å². The molecular formula is C14H26F3N11O8. The largest absolute Gasteiger partial charge is 0.490 e. The van der Waals surface area contributed by atoms with Crippen molar-refractivity contribution in [3.8, 4) is 0 Å². The Morgan fingerprint density at radius 1 is 0.917 bits per heavy atom. The number of nitrogens with two attached hydrogens (primary N) is 4. The Hall–Kier alpha value is -4.50. The standard InChI is InChI=1S/C12H25N11O6.C2HF3O2/c13-7(3-1-5-17-11(15)20-22(26)27)10(25)19-8(9(14)24)4-2-6-18-12(16)21-23(28)29;3-2(4,5)1(6)7/h7-8H,1-6,13H2,(H2,14,24)(H,19,25)(H3,15,17,20)(H3,16,18,21);(H,6,7)/t7-,8-;/m0./s1. The Kier molecular flexibility index (Phi) is 15.9. The van der Waals surface area contributed by atoms with E-state index in [1.54, 1.807) is 10.9 Å².